The molecular formula is C9H20F3-. The molecule has 0 N–H and O–H groups in total. The van der Waals surface area contributed by atoms with Crippen LogP contribution < -0.4 is 4.70 Å². The van der Waals surface area contributed by atoms with Gasteiger partial charge in [-0.05, 0) is 0 Å². The molecule has 0 bridgehead atoms. The summed E-state index contributed by atoms with van der Waals surface area (Å²) in [6, 6.07) is 0. The van der Waals surface area contributed by atoms with E-state index in [1.807, 2.05) is 0 Å². The molecule has 0 nitrogen and oxygen atoms in total. The Morgan fingerprint density at radius 1 is 0.833 bits per heavy atom. The fraction of sp³-hybridized carbons (Fsp3) is 1.00. The Hall–Kier alpha value is -0.210. The summed E-state index contributed by atoms with van der Waals surface area (Å²) in [6.45, 7) is 7.34. The van der Waals surface area contributed by atoms with Crippen molar-refractivity contribution in [3.8, 4) is 0 Å². The van der Waals surface area contributed by atoms with E-state index in [2.05, 4.69) is 13.8 Å². The molecule has 0 aliphatic heterocycles. The van der Waals surface area contributed by atoms with Crippen molar-refractivity contribution < 1.29 is 13.5 Å². The Labute approximate surface area is 73.7 Å². The van der Waals surface area contributed by atoms with Crippen molar-refractivity contribution in [2.75, 3.05) is 0 Å². The van der Waals surface area contributed by atoms with Gasteiger partial charge in [0, 0.05) is 12.8 Å². The normalized spacial score (nSPS) is 9.50. The largest absolute Gasteiger partial charge is 1.00 e. The first kappa shape index (κ1) is 17.8. The molecule has 0 unspecified atom stereocenters. The Morgan fingerprint density at radius 2 is 1.08 bits per heavy atom. The molecule has 0 spiro atoms. The topological polar surface area (TPSA) is 0 Å². The van der Waals surface area contributed by atoms with Crippen molar-refractivity contribution >= 4 is 0 Å². The summed E-state index contributed by atoms with van der Waals surface area (Å²) in [6.07, 6.45) is 2.56. The minimum absolute atomic E-state index is 0. The SMILES string of the molecule is CCC(F)(F)CC.CCCC.[F-]. The minimum atomic E-state index is -2.42. The lowest BCUT2D eigenvalue weighted by Gasteiger charge is -2.08. The van der Waals surface area contributed by atoms with Crippen molar-refractivity contribution in [1.29, 1.82) is 0 Å². The van der Waals surface area contributed by atoms with Gasteiger partial charge in [0.2, 0.25) is 5.92 Å². The number of hydrogen-bond donors (Lipinski definition) is 0. The number of unbranched alkanes of at least 4 members (excludes halogenated alkanes) is 1. The van der Waals surface area contributed by atoms with E-state index in [4.69, 9.17) is 0 Å². The molecule has 0 rings (SSSR count). The van der Waals surface area contributed by atoms with Gasteiger partial charge in [0.15, 0.2) is 0 Å². The maximum Gasteiger partial charge on any atom is 0.247 e. The Morgan fingerprint density at radius 3 is 1.08 bits per heavy atom. The molecule has 0 saturated heterocycles. The maximum absolute atomic E-state index is 11.9. The van der Waals surface area contributed by atoms with Crippen molar-refractivity contribution in [3.05, 3.63) is 0 Å². The molecule has 0 heterocycles. The summed E-state index contributed by atoms with van der Waals surface area (Å²) in [5, 5.41) is 0. The van der Waals surface area contributed by atoms with E-state index in [1.165, 1.54) is 26.7 Å². The van der Waals surface area contributed by atoms with Crippen LogP contribution in [0.15, 0.2) is 0 Å². The molecule has 78 valence electrons. The molecule has 0 aromatic heterocycles. The fourth-order valence-electron chi connectivity index (χ4n) is 0.250. The third kappa shape index (κ3) is 16.4. The quantitative estimate of drug-likeness (QED) is 0.621. The minimum Gasteiger partial charge on any atom is -1.00 e. The van der Waals surface area contributed by atoms with E-state index in [-0.39, 0.29) is 17.5 Å². The van der Waals surface area contributed by atoms with Crippen LogP contribution in [0.4, 0.5) is 8.78 Å². The number of rotatable bonds is 3. The summed E-state index contributed by atoms with van der Waals surface area (Å²) in [7, 11) is 0. The zero-order chi connectivity index (χ0) is 9.33. The van der Waals surface area contributed by atoms with Crippen LogP contribution in [-0.2, 0) is 0 Å². The van der Waals surface area contributed by atoms with Crippen LogP contribution in [0.25, 0.3) is 0 Å². The molecule has 0 atom stereocenters. The van der Waals surface area contributed by atoms with Crippen LogP contribution >= 0.6 is 0 Å². The molecule has 0 fully saturated rings. The average molecular weight is 185 g/mol. The van der Waals surface area contributed by atoms with E-state index in [0.29, 0.717) is 0 Å². The van der Waals surface area contributed by atoms with Crippen molar-refractivity contribution in [2.45, 2.75) is 59.3 Å². The van der Waals surface area contributed by atoms with Crippen LogP contribution in [0.1, 0.15) is 53.4 Å². The van der Waals surface area contributed by atoms with Gasteiger partial charge in [0.05, 0.1) is 0 Å². The van der Waals surface area contributed by atoms with Crippen LogP contribution in [0.5, 0.6) is 0 Å². The smallest absolute Gasteiger partial charge is 0.247 e. The van der Waals surface area contributed by atoms with Crippen LogP contribution in [0.2, 0.25) is 0 Å². The fourth-order valence-corrected chi connectivity index (χ4v) is 0.250. The summed E-state index contributed by atoms with van der Waals surface area (Å²) in [4.78, 5) is 0. The lowest BCUT2D eigenvalue weighted by molar-refractivity contribution is -0.00655. The van der Waals surface area contributed by atoms with E-state index in [9.17, 15) is 8.78 Å². The number of hydrogen-bond acceptors (Lipinski definition) is 0. The zero-order valence-corrected chi connectivity index (χ0v) is 8.46. The highest BCUT2D eigenvalue weighted by Gasteiger charge is 2.21. The molecule has 0 saturated carbocycles. The molecule has 12 heavy (non-hydrogen) atoms. The van der Waals surface area contributed by atoms with Gasteiger partial charge in [-0.15, -0.1) is 0 Å². The standard InChI is InChI=1S/C5H10F2.C4H10.FH/c1-3-5(6,7)4-2;1-3-4-2;/h3-4H2,1-2H3;3-4H2,1-2H3;1H/p-1. The average Bonchev–Trinajstić information content (AvgIpc) is 2.05. The molecule has 0 aliphatic carbocycles. The molecular weight excluding hydrogens is 165 g/mol. The van der Waals surface area contributed by atoms with Gasteiger partial charge in [-0.1, -0.05) is 40.5 Å². The monoisotopic (exact) mass is 185 g/mol. The third-order valence-electron chi connectivity index (χ3n) is 1.53. The Balaban J connectivity index is -0.000000142. The van der Waals surface area contributed by atoms with E-state index in [1.54, 1.807) is 0 Å². The number of halogens is 3. The van der Waals surface area contributed by atoms with Gasteiger partial charge in [0.25, 0.3) is 0 Å². The van der Waals surface area contributed by atoms with Gasteiger partial charge in [-0.3, -0.25) is 0 Å². The van der Waals surface area contributed by atoms with Gasteiger partial charge in [0.1, 0.15) is 0 Å². The molecule has 0 radical (unpaired) electrons. The summed E-state index contributed by atoms with van der Waals surface area (Å²) >= 11 is 0. The summed E-state index contributed by atoms with van der Waals surface area (Å²) in [5.74, 6) is -2.42. The maximum atomic E-state index is 11.9. The summed E-state index contributed by atoms with van der Waals surface area (Å²) < 4.78 is 23.8. The van der Waals surface area contributed by atoms with E-state index in [0.717, 1.165) is 0 Å². The lowest BCUT2D eigenvalue weighted by Crippen LogP contribution is -3.00. The van der Waals surface area contributed by atoms with Gasteiger partial charge < -0.3 is 4.70 Å². The predicted octanol–water partition coefficient (Wildman–Crippen LogP) is 1.25. The molecule has 0 aromatic rings. The highest BCUT2D eigenvalue weighted by Crippen LogP contribution is 2.20. The molecule has 0 aliphatic rings. The second-order valence-electron chi connectivity index (χ2n) is 2.56. The molecule has 3 heteroatoms. The van der Waals surface area contributed by atoms with Gasteiger partial charge in [-0.25, -0.2) is 8.78 Å². The van der Waals surface area contributed by atoms with E-state index >= 15 is 0 Å². The second kappa shape index (κ2) is 10.8. The van der Waals surface area contributed by atoms with Crippen molar-refractivity contribution in [3.63, 3.8) is 0 Å². The predicted molar refractivity (Wildman–Crippen MR) is 46.1 cm³/mol. The van der Waals surface area contributed by atoms with Crippen molar-refractivity contribution in [2.24, 2.45) is 0 Å². The first-order valence-corrected chi connectivity index (χ1v) is 4.41. The zero-order valence-electron chi connectivity index (χ0n) is 8.46. The summed E-state index contributed by atoms with van der Waals surface area (Å²) in [5.41, 5.74) is 0. The van der Waals surface area contributed by atoms with Gasteiger partial charge >= 0.3 is 0 Å². The Bertz CT molecular complexity index is 64.2. The number of alkyl halides is 2. The van der Waals surface area contributed by atoms with Crippen LogP contribution in [-0.4, -0.2) is 5.92 Å². The Kier molecular flexibility index (Phi) is 16.0. The van der Waals surface area contributed by atoms with Crippen LogP contribution in [0.3, 0.4) is 0 Å². The first-order chi connectivity index (χ1) is 5.04. The second-order valence-corrected chi connectivity index (χ2v) is 2.56. The van der Waals surface area contributed by atoms with E-state index < -0.39 is 5.92 Å². The first-order valence-electron chi connectivity index (χ1n) is 4.41. The molecule has 0 amide bonds. The van der Waals surface area contributed by atoms with Gasteiger partial charge in [-0.2, -0.15) is 0 Å². The molecule has 0 aromatic carbocycles. The highest BCUT2D eigenvalue weighted by molar-refractivity contribution is 4.57. The van der Waals surface area contributed by atoms with Crippen LogP contribution in [0, 0.1) is 0 Å². The van der Waals surface area contributed by atoms with Crippen molar-refractivity contribution in [1.82, 2.24) is 0 Å². The third-order valence-corrected chi connectivity index (χ3v) is 1.53. The highest BCUT2D eigenvalue weighted by atomic mass is 19.3. The lowest BCUT2D eigenvalue weighted by atomic mass is 10.2.